The van der Waals surface area contributed by atoms with E-state index < -0.39 is 0 Å². The second kappa shape index (κ2) is 16.0. The maximum atomic E-state index is 12.1. The molecule has 0 saturated carbocycles. The lowest BCUT2D eigenvalue weighted by atomic mass is 9.90. The quantitative estimate of drug-likeness (QED) is 0.123. The van der Waals surface area contributed by atoms with Crippen molar-refractivity contribution in [2.45, 2.75) is 13.2 Å². The number of fused-ring (bicyclic) bond motifs is 2. The van der Waals surface area contributed by atoms with Gasteiger partial charge in [0.05, 0.1) is 25.3 Å². The van der Waals surface area contributed by atoms with Crippen LogP contribution in [0.2, 0.25) is 0 Å². The average molecular weight is 735 g/mol. The van der Waals surface area contributed by atoms with E-state index in [9.17, 15) is 9.59 Å². The molecule has 0 aromatic heterocycles. The summed E-state index contributed by atoms with van der Waals surface area (Å²) in [4.78, 5) is 24.2. The Morgan fingerprint density at radius 2 is 0.804 bits per heavy atom. The molecular formula is C50H38O6. The summed E-state index contributed by atoms with van der Waals surface area (Å²) in [5, 5.41) is 4.13. The van der Waals surface area contributed by atoms with E-state index in [4.69, 9.17) is 18.9 Å². The largest absolute Gasteiger partial charge is 0.488 e. The minimum absolute atomic E-state index is 0.272. The molecule has 0 aliphatic carbocycles. The molecule has 0 aliphatic rings. The highest BCUT2D eigenvalue weighted by atomic mass is 16.5. The van der Waals surface area contributed by atoms with Crippen LogP contribution in [-0.2, 0) is 22.7 Å². The van der Waals surface area contributed by atoms with Crippen LogP contribution in [-0.4, -0.2) is 26.2 Å². The van der Waals surface area contributed by atoms with Crippen molar-refractivity contribution in [1.82, 2.24) is 0 Å². The van der Waals surface area contributed by atoms with Gasteiger partial charge in [-0.2, -0.15) is 0 Å². The Kier molecular flexibility index (Phi) is 10.3. The number of rotatable bonds is 11. The number of hydrogen-bond acceptors (Lipinski definition) is 6. The molecular weight excluding hydrogens is 697 g/mol. The minimum atomic E-state index is -0.387. The van der Waals surface area contributed by atoms with Crippen molar-refractivity contribution < 1.29 is 28.5 Å². The van der Waals surface area contributed by atoms with E-state index in [2.05, 4.69) is 72.8 Å². The number of ether oxygens (including phenoxy) is 4. The van der Waals surface area contributed by atoms with E-state index >= 15 is 0 Å². The number of methoxy groups -OCH3 is 2. The molecule has 0 fully saturated rings. The number of hydrogen-bond donors (Lipinski definition) is 0. The van der Waals surface area contributed by atoms with Gasteiger partial charge < -0.3 is 18.9 Å². The van der Waals surface area contributed by atoms with Gasteiger partial charge in [0.15, 0.2) is 0 Å². The fourth-order valence-electron chi connectivity index (χ4n) is 7.03. The van der Waals surface area contributed by atoms with Crippen LogP contribution in [0.25, 0.3) is 54.9 Å². The van der Waals surface area contributed by atoms with E-state index in [0.29, 0.717) is 22.6 Å². The zero-order valence-corrected chi connectivity index (χ0v) is 31.0. The maximum absolute atomic E-state index is 12.1. The van der Waals surface area contributed by atoms with Crippen LogP contribution >= 0.6 is 0 Å². The van der Waals surface area contributed by atoms with Gasteiger partial charge in [-0.3, -0.25) is 0 Å². The summed E-state index contributed by atoms with van der Waals surface area (Å²) < 4.78 is 23.2. The van der Waals surface area contributed by atoms with E-state index in [-0.39, 0.29) is 25.2 Å². The van der Waals surface area contributed by atoms with Crippen molar-refractivity contribution in [2.24, 2.45) is 0 Å². The van der Waals surface area contributed by atoms with Crippen LogP contribution in [0.4, 0.5) is 0 Å². The first-order chi connectivity index (χ1) is 27.5. The third-order valence-corrected chi connectivity index (χ3v) is 9.97. The Labute approximate surface area is 325 Å². The Morgan fingerprint density at radius 3 is 1.18 bits per heavy atom. The van der Waals surface area contributed by atoms with Gasteiger partial charge in [0, 0.05) is 11.1 Å². The molecule has 0 amide bonds. The van der Waals surface area contributed by atoms with Crippen molar-refractivity contribution in [2.75, 3.05) is 14.2 Å². The normalized spacial score (nSPS) is 11.0. The second-order valence-corrected chi connectivity index (χ2v) is 13.4. The standard InChI is InChI=1S/C50H38O6/c1-53-49(51)37-17-13-33(14-18-37)31-55-45-27-23-41-29-39(35-9-5-3-6-10-35)21-25-43(41)47(45)48-44-26-22-40(36-11-7-4-8-12-36)30-42(44)24-28-46(48)56-32-34-15-19-38(20-16-34)50(52)54-2/h3-30H,31-32H2,1-2H3. The first-order valence-electron chi connectivity index (χ1n) is 18.3. The molecule has 0 heterocycles. The smallest absolute Gasteiger partial charge is 0.337 e. The highest BCUT2D eigenvalue weighted by molar-refractivity contribution is 6.11. The third kappa shape index (κ3) is 7.46. The molecule has 0 bridgehead atoms. The first-order valence-corrected chi connectivity index (χ1v) is 18.3. The Balaban J connectivity index is 1.28. The van der Waals surface area contributed by atoms with Gasteiger partial charge in [-0.15, -0.1) is 0 Å². The Bertz CT molecular complexity index is 2480. The van der Waals surface area contributed by atoms with Crippen molar-refractivity contribution in [3.8, 4) is 44.9 Å². The minimum Gasteiger partial charge on any atom is -0.488 e. The average Bonchev–Trinajstić information content (AvgIpc) is 3.27. The van der Waals surface area contributed by atoms with Gasteiger partial charge in [-0.1, -0.05) is 121 Å². The molecule has 0 radical (unpaired) electrons. The summed E-state index contributed by atoms with van der Waals surface area (Å²) in [6.45, 7) is 0.543. The van der Waals surface area contributed by atoms with Gasteiger partial charge in [-0.05, 0) is 103 Å². The lowest BCUT2D eigenvalue weighted by Gasteiger charge is -2.21. The number of esters is 2. The highest BCUT2D eigenvalue weighted by Crippen LogP contribution is 2.47. The SMILES string of the molecule is COC(=O)c1ccc(COc2ccc3cc(-c4ccccc4)ccc3c2-c2c(OCc3ccc(C(=O)OC)cc3)ccc3cc(-c4ccccc4)ccc23)cc1. The van der Waals surface area contributed by atoms with Crippen LogP contribution in [0.5, 0.6) is 11.5 Å². The zero-order valence-electron chi connectivity index (χ0n) is 31.0. The van der Waals surface area contributed by atoms with Crippen LogP contribution in [0.1, 0.15) is 31.8 Å². The maximum Gasteiger partial charge on any atom is 0.337 e. The molecule has 6 heteroatoms. The molecule has 8 aromatic carbocycles. The molecule has 0 saturated heterocycles. The molecule has 6 nitrogen and oxygen atoms in total. The van der Waals surface area contributed by atoms with Crippen LogP contribution in [0, 0.1) is 0 Å². The van der Waals surface area contributed by atoms with Crippen LogP contribution in [0.15, 0.2) is 170 Å². The predicted octanol–water partition coefficient (Wildman–Crippen LogP) is 11.7. The van der Waals surface area contributed by atoms with Gasteiger partial charge in [0.25, 0.3) is 0 Å². The lowest BCUT2D eigenvalue weighted by Crippen LogP contribution is -2.03. The number of benzene rings is 8. The second-order valence-electron chi connectivity index (χ2n) is 13.4. The van der Waals surface area contributed by atoms with E-state index in [1.165, 1.54) is 14.2 Å². The van der Waals surface area contributed by atoms with E-state index in [1.807, 2.05) is 72.8 Å². The van der Waals surface area contributed by atoms with Gasteiger partial charge in [0.2, 0.25) is 0 Å². The molecule has 0 unspecified atom stereocenters. The summed E-state index contributed by atoms with van der Waals surface area (Å²) in [6, 6.07) is 56.5. The third-order valence-electron chi connectivity index (χ3n) is 9.97. The first kappa shape index (κ1) is 35.8. The summed E-state index contributed by atoms with van der Waals surface area (Å²) >= 11 is 0. The fraction of sp³-hybridized carbons (Fsp3) is 0.0800. The van der Waals surface area contributed by atoms with Crippen molar-refractivity contribution in [3.05, 3.63) is 192 Å². The molecule has 0 spiro atoms. The topological polar surface area (TPSA) is 71.1 Å². The van der Waals surface area contributed by atoms with Crippen LogP contribution in [0.3, 0.4) is 0 Å². The summed E-state index contributed by atoms with van der Waals surface area (Å²) in [6.07, 6.45) is 0. The Hall–Kier alpha value is -7.18. The molecule has 274 valence electrons. The zero-order chi connectivity index (χ0) is 38.4. The fourth-order valence-corrected chi connectivity index (χ4v) is 7.03. The van der Waals surface area contributed by atoms with Crippen LogP contribution < -0.4 is 9.47 Å². The molecule has 56 heavy (non-hydrogen) atoms. The summed E-state index contributed by atoms with van der Waals surface area (Å²) in [5.74, 6) is 0.604. The van der Waals surface area contributed by atoms with Gasteiger partial charge in [-0.25, -0.2) is 9.59 Å². The Morgan fingerprint density at radius 1 is 0.411 bits per heavy atom. The molecule has 8 aromatic rings. The monoisotopic (exact) mass is 734 g/mol. The van der Waals surface area contributed by atoms with Crippen molar-refractivity contribution >= 4 is 33.5 Å². The molecule has 8 rings (SSSR count). The predicted molar refractivity (Wildman–Crippen MR) is 222 cm³/mol. The van der Waals surface area contributed by atoms with E-state index in [0.717, 1.165) is 66.1 Å². The van der Waals surface area contributed by atoms with E-state index in [1.54, 1.807) is 24.3 Å². The van der Waals surface area contributed by atoms with Crippen molar-refractivity contribution in [1.29, 1.82) is 0 Å². The summed E-state index contributed by atoms with van der Waals surface area (Å²) in [7, 11) is 2.75. The van der Waals surface area contributed by atoms with Gasteiger partial charge in [0.1, 0.15) is 24.7 Å². The van der Waals surface area contributed by atoms with Crippen molar-refractivity contribution in [3.63, 3.8) is 0 Å². The van der Waals surface area contributed by atoms with Gasteiger partial charge >= 0.3 is 11.9 Å². The highest BCUT2D eigenvalue weighted by Gasteiger charge is 2.21. The summed E-state index contributed by atoms with van der Waals surface area (Å²) in [5.41, 5.74) is 9.06. The number of carbonyl (C=O) groups is 2. The lowest BCUT2D eigenvalue weighted by molar-refractivity contribution is 0.0592. The molecule has 0 aliphatic heterocycles. The molecule has 0 atom stereocenters. The number of carbonyl (C=O) groups excluding carboxylic acids is 2. The molecule has 0 N–H and O–H groups in total.